The summed E-state index contributed by atoms with van der Waals surface area (Å²) in [6.07, 6.45) is -5.23. The molecule has 136 valence electrons. The fourth-order valence-electron chi connectivity index (χ4n) is 1.62. The Bertz CT molecular complexity index is 426. The van der Waals surface area contributed by atoms with E-state index in [1.165, 1.54) is 4.90 Å². The molecule has 0 aromatic rings. The first-order valence-corrected chi connectivity index (χ1v) is 7.13. The third kappa shape index (κ3) is 9.27. The smallest absolute Gasteiger partial charge is 0.410 e. The van der Waals surface area contributed by atoms with Crippen LogP contribution in [0, 0.1) is 0 Å². The van der Waals surface area contributed by atoms with E-state index in [9.17, 15) is 22.8 Å². The average molecular weight is 341 g/mol. The maximum absolute atomic E-state index is 12.3. The monoisotopic (exact) mass is 341 g/mol. The molecule has 0 aliphatic carbocycles. The molecule has 2 amide bonds. The molecule has 1 unspecified atom stereocenters. The minimum Gasteiger partial charge on any atom is -0.444 e. The molecule has 0 bridgehead atoms. The second kappa shape index (κ2) is 7.37. The minimum absolute atomic E-state index is 0.330. The summed E-state index contributed by atoms with van der Waals surface area (Å²) in [6, 6.07) is -1.34. The molecule has 0 saturated carbocycles. The van der Waals surface area contributed by atoms with Gasteiger partial charge in [-0.3, -0.25) is 10.1 Å². The van der Waals surface area contributed by atoms with E-state index in [4.69, 9.17) is 10.5 Å². The lowest BCUT2D eigenvalue weighted by Crippen LogP contribution is -2.57. The zero-order valence-corrected chi connectivity index (χ0v) is 14.4. The summed E-state index contributed by atoms with van der Waals surface area (Å²) < 4.78 is 42.2. The Morgan fingerprint density at radius 2 is 1.61 bits per heavy atom. The highest BCUT2D eigenvalue weighted by molar-refractivity contribution is 5.81. The molecular weight excluding hydrogens is 315 g/mol. The number of rotatable bonds is 5. The first-order valence-electron chi connectivity index (χ1n) is 7.13. The van der Waals surface area contributed by atoms with E-state index >= 15 is 0 Å². The van der Waals surface area contributed by atoms with Crippen LogP contribution in [0.15, 0.2) is 0 Å². The quantitative estimate of drug-likeness (QED) is 0.801. The molecule has 0 saturated heterocycles. The molecule has 0 aliphatic rings. The van der Waals surface area contributed by atoms with Crippen molar-refractivity contribution in [3.8, 4) is 0 Å². The molecule has 0 aromatic carbocycles. The van der Waals surface area contributed by atoms with Crippen LogP contribution in [0.25, 0.3) is 0 Å². The van der Waals surface area contributed by atoms with Crippen LogP contribution in [-0.2, 0) is 9.53 Å². The second-order valence-electron chi connectivity index (χ2n) is 7.21. The van der Waals surface area contributed by atoms with Crippen molar-refractivity contribution in [3.63, 3.8) is 0 Å². The zero-order valence-electron chi connectivity index (χ0n) is 14.4. The van der Waals surface area contributed by atoms with Gasteiger partial charge in [0, 0.05) is 12.1 Å². The number of primary amides is 1. The Labute approximate surface area is 134 Å². The van der Waals surface area contributed by atoms with Crippen molar-refractivity contribution in [1.82, 2.24) is 10.2 Å². The van der Waals surface area contributed by atoms with E-state index in [2.05, 4.69) is 0 Å². The predicted octanol–water partition coefficient (Wildman–Crippen LogP) is 2.03. The van der Waals surface area contributed by atoms with Gasteiger partial charge >= 0.3 is 12.3 Å². The summed E-state index contributed by atoms with van der Waals surface area (Å²) >= 11 is 0. The number of halogens is 3. The highest BCUT2D eigenvalue weighted by Gasteiger charge is 2.35. The fraction of sp³-hybridized carbons (Fsp3) is 0.857. The van der Waals surface area contributed by atoms with Gasteiger partial charge in [0.05, 0.1) is 6.54 Å². The third-order valence-corrected chi connectivity index (χ3v) is 2.68. The Kier molecular flexibility index (Phi) is 6.89. The SMILES string of the molecule is CC(C)(C)OC(=O)N(CC(NCC(F)(F)F)C(N)=O)C(C)(C)C. The van der Waals surface area contributed by atoms with Gasteiger partial charge in [-0.1, -0.05) is 0 Å². The number of alkyl halides is 3. The molecule has 0 spiro atoms. The molecular formula is C14H26F3N3O3. The molecule has 23 heavy (non-hydrogen) atoms. The van der Waals surface area contributed by atoms with Gasteiger partial charge < -0.3 is 15.4 Å². The lowest BCUT2D eigenvalue weighted by Gasteiger charge is -2.38. The summed E-state index contributed by atoms with van der Waals surface area (Å²) in [5.41, 5.74) is 3.59. The van der Waals surface area contributed by atoms with E-state index in [-0.39, 0.29) is 6.54 Å². The lowest BCUT2D eigenvalue weighted by atomic mass is 10.1. The van der Waals surface area contributed by atoms with Gasteiger partial charge in [-0.15, -0.1) is 0 Å². The molecule has 0 aromatic heterocycles. The van der Waals surface area contributed by atoms with Crippen LogP contribution in [0.2, 0.25) is 0 Å². The van der Waals surface area contributed by atoms with Crippen LogP contribution in [0.4, 0.5) is 18.0 Å². The Hall–Kier alpha value is -1.51. The van der Waals surface area contributed by atoms with Gasteiger partial charge in [-0.25, -0.2) is 4.79 Å². The summed E-state index contributed by atoms with van der Waals surface area (Å²) in [7, 11) is 0. The van der Waals surface area contributed by atoms with Crippen LogP contribution in [-0.4, -0.2) is 53.3 Å². The normalized spacial score (nSPS) is 14.3. The molecule has 0 fully saturated rings. The van der Waals surface area contributed by atoms with E-state index in [0.29, 0.717) is 0 Å². The van der Waals surface area contributed by atoms with Crippen LogP contribution < -0.4 is 11.1 Å². The van der Waals surface area contributed by atoms with Crippen LogP contribution in [0.5, 0.6) is 0 Å². The van der Waals surface area contributed by atoms with Crippen molar-refractivity contribution in [2.45, 2.75) is 64.9 Å². The number of nitrogens with two attached hydrogens (primary N) is 1. The zero-order chi connectivity index (χ0) is 18.6. The standard InChI is InChI=1S/C14H26F3N3O3/c1-12(2,3)20(11(22)23-13(4,5)6)7-9(10(18)21)19-8-14(15,16)17/h9,19H,7-8H2,1-6H3,(H2,18,21). The molecule has 9 heteroatoms. The van der Waals surface area contributed by atoms with Crippen LogP contribution >= 0.6 is 0 Å². The predicted molar refractivity (Wildman–Crippen MR) is 79.7 cm³/mol. The largest absolute Gasteiger partial charge is 0.444 e. The number of hydrogen-bond acceptors (Lipinski definition) is 4. The van der Waals surface area contributed by atoms with Crippen molar-refractivity contribution in [2.75, 3.05) is 13.1 Å². The number of carbonyl (C=O) groups excluding carboxylic acids is 2. The molecule has 0 rings (SSSR count). The Morgan fingerprint density at radius 1 is 1.13 bits per heavy atom. The number of carbonyl (C=O) groups is 2. The molecule has 3 N–H and O–H groups in total. The summed E-state index contributed by atoms with van der Waals surface area (Å²) in [5, 5.41) is 2.03. The van der Waals surface area contributed by atoms with Crippen molar-refractivity contribution in [2.24, 2.45) is 5.73 Å². The van der Waals surface area contributed by atoms with Gasteiger partial charge in [0.1, 0.15) is 11.6 Å². The van der Waals surface area contributed by atoms with Gasteiger partial charge in [0.15, 0.2) is 0 Å². The number of nitrogens with zero attached hydrogens (tertiary/aromatic N) is 1. The highest BCUT2D eigenvalue weighted by Crippen LogP contribution is 2.19. The van der Waals surface area contributed by atoms with Crippen molar-refractivity contribution < 1.29 is 27.5 Å². The van der Waals surface area contributed by atoms with Crippen molar-refractivity contribution in [3.05, 3.63) is 0 Å². The molecule has 0 radical (unpaired) electrons. The molecule has 0 heterocycles. The van der Waals surface area contributed by atoms with E-state index in [0.717, 1.165) is 0 Å². The Morgan fingerprint density at radius 3 is 1.91 bits per heavy atom. The first kappa shape index (κ1) is 21.5. The van der Waals surface area contributed by atoms with E-state index in [1.807, 2.05) is 5.32 Å². The average Bonchev–Trinajstić information content (AvgIpc) is 2.22. The van der Waals surface area contributed by atoms with Crippen LogP contribution in [0.3, 0.4) is 0 Å². The maximum Gasteiger partial charge on any atom is 0.410 e. The van der Waals surface area contributed by atoms with Gasteiger partial charge in [0.25, 0.3) is 0 Å². The number of hydrogen-bond donors (Lipinski definition) is 2. The van der Waals surface area contributed by atoms with E-state index < -0.39 is 41.9 Å². The lowest BCUT2D eigenvalue weighted by molar-refractivity contribution is -0.131. The van der Waals surface area contributed by atoms with Gasteiger partial charge in [-0.05, 0) is 41.5 Å². The summed E-state index contributed by atoms with van der Waals surface area (Å²) in [6.45, 7) is 8.32. The Balaban J connectivity index is 5.18. The summed E-state index contributed by atoms with van der Waals surface area (Å²) in [4.78, 5) is 24.8. The maximum atomic E-state index is 12.3. The van der Waals surface area contributed by atoms with Gasteiger partial charge in [0.2, 0.25) is 5.91 Å². The first-order chi connectivity index (χ1) is 10.0. The van der Waals surface area contributed by atoms with Gasteiger partial charge in [-0.2, -0.15) is 13.2 Å². The van der Waals surface area contributed by atoms with Crippen molar-refractivity contribution in [1.29, 1.82) is 0 Å². The molecule has 6 nitrogen and oxygen atoms in total. The molecule has 0 aliphatic heterocycles. The summed E-state index contributed by atoms with van der Waals surface area (Å²) in [5.74, 6) is -0.980. The topological polar surface area (TPSA) is 84.7 Å². The number of nitrogens with one attached hydrogen (secondary N) is 1. The minimum atomic E-state index is -4.49. The number of amides is 2. The van der Waals surface area contributed by atoms with Crippen molar-refractivity contribution >= 4 is 12.0 Å². The highest BCUT2D eigenvalue weighted by atomic mass is 19.4. The second-order valence-corrected chi connectivity index (χ2v) is 7.21. The fourth-order valence-corrected chi connectivity index (χ4v) is 1.62. The van der Waals surface area contributed by atoms with Crippen LogP contribution in [0.1, 0.15) is 41.5 Å². The molecule has 1 atom stereocenters. The third-order valence-electron chi connectivity index (χ3n) is 2.68. The van der Waals surface area contributed by atoms with E-state index in [1.54, 1.807) is 41.5 Å². The number of ether oxygens (including phenoxy) is 1.